The highest BCUT2D eigenvalue weighted by Crippen LogP contribution is 2.42. The standard InChI is InChI=1S/C33H33NO6/c1-24(2)32(35)39-22-19-34-33(36)40-30-23-29(37-20-17-25-11-5-3-6-12-25)27-15-9-10-16-28(27)31(30)38-21-18-26-13-7-4-8-14-26/h3-16,23H,1,17-22H2,2H3,(H,34,36). The van der Waals surface area contributed by atoms with Gasteiger partial charge in [0.25, 0.3) is 0 Å². The lowest BCUT2D eigenvalue weighted by Crippen LogP contribution is -2.30. The van der Waals surface area contributed by atoms with Gasteiger partial charge in [0.05, 0.1) is 19.8 Å². The zero-order valence-corrected chi connectivity index (χ0v) is 22.6. The Bertz CT molecular complexity index is 1440. The smallest absolute Gasteiger partial charge is 0.412 e. The van der Waals surface area contributed by atoms with Gasteiger partial charge in [0, 0.05) is 35.3 Å². The molecule has 0 unspecified atom stereocenters. The van der Waals surface area contributed by atoms with Crippen molar-refractivity contribution in [2.45, 2.75) is 19.8 Å². The van der Waals surface area contributed by atoms with E-state index in [4.69, 9.17) is 18.9 Å². The molecule has 0 aliphatic carbocycles. The maximum atomic E-state index is 12.7. The Balaban J connectivity index is 1.52. The van der Waals surface area contributed by atoms with Crippen LogP contribution in [0.25, 0.3) is 10.8 Å². The van der Waals surface area contributed by atoms with Gasteiger partial charge in [-0.2, -0.15) is 0 Å². The van der Waals surface area contributed by atoms with Gasteiger partial charge in [-0.3, -0.25) is 0 Å². The molecule has 0 heterocycles. The Morgan fingerprint density at radius 1 is 0.725 bits per heavy atom. The number of ether oxygens (including phenoxy) is 4. The predicted octanol–water partition coefficient (Wildman–Crippen LogP) is 6.29. The lowest BCUT2D eigenvalue weighted by Gasteiger charge is -2.18. The molecule has 0 aliphatic rings. The number of rotatable bonds is 13. The minimum atomic E-state index is -0.704. The van der Waals surface area contributed by atoms with E-state index in [1.165, 1.54) is 0 Å². The van der Waals surface area contributed by atoms with Gasteiger partial charge >= 0.3 is 12.1 Å². The van der Waals surface area contributed by atoms with Crippen molar-refractivity contribution in [1.29, 1.82) is 0 Å². The number of hydrogen-bond donors (Lipinski definition) is 1. The summed E-state index contributed by atoms with van der Waals surface area (Å²) in [6.45, 7) is 6.00. The molecule has 0 saturated heterocycles. The van der Waals surface area contributed by atoms with E-state index < -0.39 is 12.1 Å². The van der Waals surface area contributed by atoms with Gasteiger partial charge in [-0.05, 0) is 18.1 Å². The first kappa shape index (κ1) is 28.2. The summed E-state index contributed by atoms with van der Waals surface area (Å²) in [5.41, 5.74) is 2.59. The minimum absolute atomic E-state index is 0.00715. The van der Waals surface area contributed by atoms with Gasteiger partial charge in [-0.15, -0.1) is 0 Å². The Labute approximate surface area is 234 Å². The van der Waals surface area contributed by atoms with E-state index in [0.29, 0.717) is 31.1 Å². The second-order valence-corrected chi connectivity index (χ2v) is 9.15. The fourth-order valence-electron chi connectivity index (χ4n) is 4.03. The molecule has 0 bridgehead atoms. The van der Waals surface area contributed by atoms with Gasteiger partial charge in [0.15, 0.2) is 11.5 Å². The topological polar surface area (TPSA) is 83.1 Å². The van der Waals surface area contributed by atoms with Crippen LogP contribution in [-0.4, -0.2) is 38.4 Å². The summed E-state index contributed by atoms with van der Waals surface area (Å²) in [5.74, 6) is 0.750. The van der Waals surface area contributed by atoms with Crippen molar-refractivity contribution >= 4 is 22.8 Å². The molecule has 1 amide bonds. The molecule has 0 fully saturated rings. The van der Waals surface area contributed by atoms with Crippen molar-refractivity contribution in [3.63, 3.8) is 0 Å². The molecule has 7 heteroatoms. The van der Waals surface area contributed by atoms with Crippen molar-refractivity contribution in [3.8, 4) is 17.2 Å². The third kappa shape index (κ3) is 8.11. The van der Waals surface area contributed by atoms with E-state index in [0.717, 1.165) is 28.3 Å². The number of nitrogens with one attached hydrogen (secondary N) is 1. The van der Waals surface area contributed by atoms with Crippen LogP contribution in [0.1, 0.15) is 18.1 Å². The van der Waals surface area contributed by atoms with E-state index in [-0.39, 0.29) is 24.5 Å². The highest BCUT2D eigenvalue weighted by molar-refractivity contribution is 5.96. The molecule has 1 N–H and O–H groups in total. The molecule has 0 saturated carbocycles. The second-order valence-electron chi connectivity index (χ2n) is 9.15. The molecule has 206 valence electrons. The Kier molecular flexibility index (Phi) is 10.2. The van der Waals surface area contributed by atoms with Crippen LogP contribution in [0.4, 0.5) is 4.79 Å². The third-order valence-corrected chi connectivity index (χ3v) is 6.05. The first-order valence-electron chi connectivity index (χ1n) is 13.2. The van der Waals surface area contributed by atoms with Crippen molar-refractivity contribution in [2.24, 2.45) is 0 Å². The highest BCUT2D eigenvalue weighted by atomic mass is 16.6. The van der Waals surface area contributed by atoms with Crippen LogP contribution in [-0.2, 0) is 22.4 Å². The van der Waals surface area contributed by atoms with E-state index >= 15 is 0 Å². The lowest BCUT2D eigenvalue weighted by atomic mass is 10.1. The molecule has 0 aromatic heterocycles. The maximum Gasteiger partial charge on any atom is 0.412 e. The normalized spacial score (nSPS) is 10.5. The molecule has 0 atom stereocenters. The first-order chi connectivity index (χ1) is 19.5. The van der Waals surface area contributed by atoms with Crippen molar-refractivity contribution in [3.05, 3.63) is 114 Å². The van der Waals surface area contributed by atoms with E-state index in [2.05, 4.69) is 24.0 Å². The molecule has 4 aromatic rings. The fourth-order valence-corrected chi connectivity index (χ4v) is 4.03. The zero-order chi connectivity index (χ0) is 28.2. The number of benzene rings is 4. The molecule has 4 rings (SSSR count). The van der Waals surface area contributed by atoms with Crippen LogP contribution in [0, 0.1) is 0 Å². The number of carbonyl (C=O) groups excluding carboxylic acids is 2. The molecule has 7 nitrogen and oxygen atoms in total. The van der Waals surface area contributed by atoms with Gasteiger partial charge in [0.1, 0.15) is 12.4 Å². The number of hydrogen-bond acceptors (Lipinski definition) is 6. The molecule has 40 heavy (non-hydrogen) atoms. The van der Waals surface area contributed by atoms with E-state index in [1.807, 2.05) is 72.8 Å². The van der Waals surface area contributed by atoms with Crippen LogP contribution in [0.15, 0.2) is 103 Å². The quantitative estimate of drug-likeness (QED) is 0.122. The summed E-state index contributed by atoms with van der Waals surface area (Å²) in [6, 6.07) is 29.5. The van der Waals surface area contributed by atoms with Crippen LogP contribution < -0.4 is 19.5 Å². The molecule has 0 radical (unpaired) electrons. The molecule has 0 aliphatic heterocycles. The van der Waals surface area contributed by atoms with Crippen molar-refractivity contribution in [1.82, 2.24) is 5.32 Å². The summed E-state index contributed by atoms with van der Waals surface area (Å²) in [5, 5.41) is 4.22. The maximum absolute atomic E-state index is 12.7. The minimum Gasteiger partial charge on any atom is -0.492 e. The second kappa shape index (κ2) is 14.4. The number of esters is 1. The Morgan fingerprint density at radius 2 is 1.30 bits per heavy atom. The fraction of sp³-hybridized carbons (Fsp3) is 0.212. The van der Waals surface area contributed by atoms with Gasteiger partial charge in [-0.25, -0.2) is 9.59 Å². The SMILES string of the molecule is C=C(C)C(=O)OCCNC(=O)Oc1cc(OCCc2ccccc2)c2ccccc2c1OCCc1ccccc1. The zero-order valence-electron chi connectivity index (χ0n) is 22.6. The van der Waals surface area contributed by atoms with Crippen LogP contribution in [0.5, 0.6) is 17.2 Å². The monoisotopic (exact) mass is 539 g/mol. The summed E-state index contributed by atoms with van der Waals surface area (Å²) in [4.78, 5) is 24.3. The number of carbonyl (C=O) groups is 2. The molecular weight excluding hydrogens is 506 g/mol. The van der Waals surface area contributed by atoms with Gasteiger partial charge < -0.3 is 24.3 Å². The predicted molar refractivity (Wildman–Crippen MR) is 155 cm³/mol. The summed E-state index contributed by atoms with van der Waals surface area (Å²) in [7, 11) is 0. The largest absolute Gasteiger partial charge is 0.492 e. The van der Waals surface area contributed by atoms with Crippen molar-refractivity contribution in [2.75, 3.05) is 26.4 Å². The number of amides is 1. The summed E-state index contributed by atoms with van der Waals surface area (Å²) in [6.07, 6.45) is 0.707. The van der Waals surface area contributed by atoms with E-state index in [1.54, 1.807) is 13.0 Å². The van der Waals surface area contributed by atoms with E-state index in [9.17, 15) is 9.59 Å². The average Bonchev–Trinajstić information content (AvgIpc) is 2.97. The molecular formula is C33H33NO6. The Hall–Kier alpha value is -4.78. The first-order valence-corrected chi connectivity index (χ1v) is 13.2. The van der Waals surface area contributed by atoms with Crippen LogP contribution >= 0.6 is 0 Å². The number of fused-ring (bicyclic) bond motifs is 1. The van der Waals surface area contributed by atoms with Crippen LogP contribution in [0.3, 0.4) is 0 Å². The van der Waals surface area contributed by atoms with Gasteiger partial charge in [-0.1, -0.05) is 91.5 Å². The Morgan fingerprint density at radius 3 is 1.93 bits per heavy atom. The molecule has 4 aromatic carbocycles. The average molecular weight is 540 g/mol. The lowest BCUT2D eigenvalue weighted by molar-refractivity contribution is -0.138. The summed E-state index contributed by atoms with van der Waals surface area (Å²) >= 11 is 0. The molecule has 0 spiro atoms. The highest BCUT2D eigenvalue weighted by Gasteiger charge is 2.19. The summed E-state index contributed by atoms with van der Waals surface area (Å²) < 4.78 is 23.1. The van der Waals surface area contributed by atoms with Crippen LogP contribution in [0.2, 0.25) is 0 Å². The third-order valence-electron chi connectivity index (χ3n) is 6.05. The van der Waals surface area contributed by atoms with Gasteiger partial charge in [0.2, 0.25) is 0 Å². The van der Waals surface area contributed by atoms with Crippen molar-refractivity contribution < 1.29 is 28.5 Å².